The van der Waals surface area contributed by atoms with Gasteiger partial charge >= 0.3 is 0 Å². The summed E-state index contributed by atoms with van der Waals surface area (Å²) < 4.78 is 5.66. The van der Waals surface area contributed by atoms with Crippen LogP contribution in [0.2, 0.25) is 0 Å². The SMILES string of the molecule is CCCC(=O)c1[nH]c(CC)cc(=O)c1OCc1ccccc1. The van der Waals surface area contributed by atoms with Gasteiger partial charge in [-0.2, -0.15) is 0 Å². The van der Waals surface area contributed by atoms with Gasteiger partial charge in [-0.1, -0.05) is 44.2 Å². The second kappa shape index (κ2) is 7.59. The summed E-state index contributed by atoms with van der Waals surface area (Å²) in [6.07, 6.45) is 1.79. The predicted octanol–water partition coefficient (Wildman–Crippen LogP) is 3.50. The van der Waals surface area contributed by atoms with E-state index in [4.69, 9.17) is 4.74 Å². The van der Waals surface area contributed by atoms with Gasteiger partial charge in [0.05, 0.1) is 0 Å². The Balaban J connectivity index is 2.32. The molecule has 4 heteroatoms. The topological polar surface area (TPSA) is 59.2 Å². The standard InChI is InChI=1S/C18H21NO3/c1-3-8-15(20)17-18(16(21)11-14(4-2)19-17)22-12-13-9-6-5-7-10-13/h5-7,9-11H,3-4,8,12H2,1-2H3,(H,19,21). The van der Waals surface area contributed by atoms with E-state index >= 15 is 0 Å². The molecule has 0 aliphatic rings. The first kappa shape index (κ1) is 16.0. The second-order valence-corrected chi connectivity index (χ2v) is 5.16. The number of carbonyl (C=O) groups is 1. The van der Waals surface area contributed by atoms with E-state index in [0.717, 1.165) is 17.7 Å². The van der Waals surface area contributed by atoms with Crippen molar-refractivity contribution < 1.29 is 9.53 Å². The summed E-state index contributed by atoms with van der Waals surface area (Å²) in [5.41, 5.74) is 1.75. The number of ketones is 1. The fourth-order valence-corrected chi connectivity index (χ4v) is 2.21. The molecular formula is C18H21NO3. The zero-order valence-corrected chi connectivity index (χ0v) is 13.0. The second-order valence-electron chi connectivity index (χ2n) is 5.16. The zero-order valence-electron chi connectivity index (χ0n) is 13.0. The molecule has 2 rings (SSSR count). The number of Topliss-reactive ketones (excluding diaryl/α,β-unsaturated/α-hetero) is 1. The summed E-state index contributed by atoms with van der Waals surface area (Å²) in [7, 11) is 0. The first-order valence-corrected chi connectivity index (χ1v) is 7.61. The van der Waals surface area contributed by atoms with E-state index in [1.165, 1.54) is 6.07 Å². The minimum atomic E-state index is -0.244. The number of H-pyrrole nitrogens is 1. The average Bonchev–Trinajstić information content (AvgIpc) is 2.54. The largest absolute Gasteiger partial charge is 0.483 e. The number of nitrogens with one attached hydrogen (secondary N) is 1. The lowest BCUT2D eigenvalue weighted by molar-refractivity contribution is 0.0971. The monoisotopic (exact) mass is 299 g/mol. The number of aromatic nitrogens is 1. The van der Waals surface area contributed by atoms with Crippen molar-refractivity contribution in [2.75, 3.05) is 0 Å². The van der Waals surface area contributed by atoms with E-state index in [9.17, 15) is 9.59 Å². The summed E-state index contributed by atoms with van der Waals surface area (Å²) >= 11 is 0. The maximum atomic E-state index is 12.3. The quantitative estimate of drug-likeness (QED) is 0.796. The predicted molar refractivity (Wildman–Crippen MR) is 86.5 cm³/mol. The van der Waals surface area contributed by atoms with Crippen molar-refractivity contribution in [1.29, 1.82) is 0 Å². The highest BCUT2D eigenvalue weighted by atomic mass is 16.5. The minimum absolute atomic E-state index is 0.0852. The van der Waals surface area contributed by atoms with Crippen molar-refractivity contribution in [2.24, 2.45) is 0 Å². The summed E-state index contributed by atoms with van der Waals surface area (Å²) in [5, 5.41) is 0. The van der Waals surface area contributed by atoms with Crippen LogP contribution >= 0.6 is 0 Å². The number of hydrogen-bond donors (Lipinski definition) is 1. The van der Waals surface area contributed by atoms with Gasteiger partial charge in [0.25, 0.3) is 0 Å². The molecule has 0 unspecified atom stereocenters. The van der Waals surface area contributed by atoms with Crippen LogP contribution in [-0.2, 0) is 13.0 Å². The Morgan fingerprint density at radius 1 is 1.18 bits per heavy atom. The Bertz CT molecular complexity index is 689. The maximum absolute atomic E-state index is 12.3. The molecule has 0 fully saturated rings. The summed E-state index contributed by atoms with van der Waals surface area (Å²) in [5.74, 6) is 0.0393. The molecule has 0 spiro atoms. The summed E-state index contributed by atoms with van der Waals surface area (Å²) in [4.78, 5) is 27.5. The van der Waals surface area contributed by atoms with Crippen molar-refractivity contribution in [3.05, 3.63) is 63.6 Å². The molecule has 1 aromatic carbocycles. The van der Waals surface area contributed by atoms with Crippen LogP contribution in [0.4, 0.5) is 0 Å². The Hall–Kier alpha value is -2.36. The number of rotatable bonds is 7. The number of benzene rings is 1. The fraction of sp³-hybridized carbons (Fsp3) is 0.333. The van der Waals surface area contributed by atoms with Gasteiger partial charge in [-0.15, -0.1) is 0 Å². The summed E-state index contributed by atoms with van der Waals surface area (Å²) in [6, 6.07) is 11.1. The number of carbonyl (C=O) groups excluding carboxylic acids is 1. The Kier molecular flexibility index (Phi) is 5.53. The van der Waals surface area contributed by atoms with Crippen molar-refractivity contribution in [1.82, 2.24) is 4.98 Å². The molecule has 1 N–H and O–H groups in total. The van der Waals surface area contributed by atoms with E-state index in [1.807, 2.05) is 44.2 Å². The molecule has 4 nitrogen and oxygen atoms in total. The molecule has 0 saturated heterocycles. The molecule has 2 aromatic rings. The Morgan fingerprint density at radius 2 is 1.91 bits per heavy atom. The number of ether oxygens (including phenoxy) is 1. The van der Waals surface area contributed by atoms with Crippen LogP contribution in [0, 0.1) is 0 Å². The number of hydrogen-bond acceptors (Lipinski definition) is 3. The van der Waals surface area contributed by atoms with Gasteiger partial charge < -0.3 is 9.72 Å². The molecule has 116 valence electrons. The van der Waals surface area contributed by atoms with Gasteiger partial charge in [-0.3, -0.25) is 9.59 Å². The van der Waals surface area contributed by atoms with Crippen molar-refractivity contribution in [3.63, 3.8) is 0 Å². The lowest BCUT2D eigenvalue weighted by Gasteiger charge is -2.11. The van der Waals surface area contributed by atoms with Crippen LogP contribution in [0.25, 0.3) is 0 Å². The van der Waals surface area contributed by atoms with Crippen molar-refractivity contribution >= 4 is 5.78 Å². The lowest BCUT2D eigenvalue weighted by Crippen LogP contribution is -2.17. The van der Waals surface area contributed by atoms with Crippen molar-refractivity contribution in [3.8, 4) is 5.75 Å². The van der Waals surface area contributed by atoms with Gasteiger partial charge in [-0.05, 0) is 18.4 Å². The highest BCUT2D eigenvalue weighted by Crippen LogP contribution is 2.17. The number of aryl methyl sites for hydroxylation is 1. The van der Waals surface area contributed by atoms with Crippen LogP contribution in [0.15, 0.2) is 41.2 Å². The smallest absolute Gasteiger partial charge is 0.224 e. The molecule has 0 aliphatic heterocycles. The van der Waals surface area contributed by atoms with Crippen LogP contribution in [0.5, 0.6) is 5.75 Å². The Labute approximate surface area is 130 Å². The highest BCUT2D eigenvalue weighted by Gasteiger charge is 2.17. The molecular weight excluding hydrogens is 278 g/mol. The number of aromatic amines is 1. The highest BCUT2D eigenvalue weighted by molar-refractivity contribution is 5.96. The van der Waals surface area contributed by atoms with Gasteiger partial charge in [0.1, 0.15) is 12.3 Å². The van der Waals surface area contributed by atoms with Gasteiger partial charge in [-0.25, -0.2) is 0 Å². The van der Waals surface area contributed by atoms with Gasteiger partial charge in [0.2, 0.25) is 5.43 Å². The third-order valence-electron chi connectivity index (χ3n) is 3.40. The van der Waals surface area contributed by atoms with E-state index in [-0.39, 0.29) is 23.6 Å². The molecule has 0 amide bonds. The summed E-state index contributed by atoms with van der Waals surface area (Å²) in [6.45, 7) is 4.13. The third-order valence-corrected chi connectivity index (χ3v) is 3.40. The molecule has 0 aliphatic carbocycles. The molecule has 0 bridgehead atoms. The van der Waals surface area contributed by atoms with Crippen LogP contribution < -0.4 is 10.2 Å². The van der Waals surface area contributed by atoms with Crippen molar-refractivity contribution in [2.45, 2.75) is 39.7 Å². The fourth-order valence-electron chi connectivity index (χ4n) is 2.21. The van der Waals surface area contributed by atoms with Gasteiger partial charge in [0.15, 0.2) is 11.5 Å². The average molecular weight is 299 g/mol. The van der Waals surface area contributed by atoms with E-state index in [1.54, 1.807) is 0 Å². The lowest BCUT2D eigenvalue weighted by atomic mass is 10.1. The van der Waals surface area contributed by atoms with E-state index in [2.05, 4.69) is 4.98 Å². The molecule has 0 radical (unpaired) electrons. The molecule has 0 atom stereocenters. The van der Waals surface area contributed by atoms with E-state index in [0.29, 0.717) is 18.5 Å². The maximum Gasteiger partial charge on any atom is 0.224 e. The molecule has 1 aromatic heterocycles. The first-order valence-electron chi connectivity index (χ1n) is 7.61. The molecule has 0 saturated carbocycles. The van der Waals surface area contributed by atoms with E-state index < -0.39 is 0 Å². The molecule has 1 heterocycles. The molecule has 22 heavy (non-hydrogen) atoms. The zero-order chi connectivity index (χ0) is 15.9. The van der Waals surface area contributed by atoms with Crippen LogP contribution in [0.3, 0.4) is 0 Å². The van der Waals surface area contributed by atoms with Crippen LogP contribution in [0.1, 0.15) is 48.4 Å². The minimum Gasteiger partial charge on any atom is -0.483 e. The normalized spacial score (nSPS) is 10.5. The van der Waals surface area contributed by atoms with Gasteiger partial charge in [0, 0.05) is 18.2 Å². The number of pyridine rings is 1. The first-order chi connectivity index (χ1) is 10.7. The Morgan fingerprint density at radius 3 is 2.55 bits per heavy atom. The van der Waals surface area contributed by atoms with Crippen LogP contribution in [-0.4, -0.2) is 10.8 Å². The third kappa shape index (κ3) is 3.85.